The number of hydrogen-bond donors (Lipinski definition) is 0. The molecule has 3 aromatic carbocycles. The highest BCUT2D eigenvalue weighted by Gasteiger charge is 2.35. The lowest BCUT2D eigenvalue weighted by Crippen LogP contribution is -2.27. The molecule has 0 unspecified atom stereocenters. The summed E-state index contributed by atoms with van der Waals surface area (Å²) in [5.41, 5.74) is 3.05. The molecule has 1 saturated heterocycles. The van der Waals surface area contributed by atoms with Crippen LogP contribution >= 0.6 is 43.6 Å². The molecule has 172 valence electrons. The topological polar surface area (TPSA) is 94.2 Å². The third-order valence-electron chi connectivity index (χ3n) is 5.17. The average molecular weight is 609 g/mol. The minimum absolute atomic E-state index is 0.0378. The molecular formula is C26H15Br2N3O3S. The van der Waals surface area contributed by atoms with Gasteiger partial charge >= 0.3 is 0 Å². The molecule has 2 amide bonds. The fraction of sp³-hybridized carbons (Fsp3) is 0.0769. The van der Waals surface area contributed by atoms with Crippen molar-refractivity contribution in [1.82, 2.24) is 4.90 Å². The van der Waals surface area contributed by atoms with Crippen LogP contribution in [-0.4, -0.2) is 16.0 Å². The average Bonchev–Trinajstić information content (AvgIpc) is 3.11. The lowest BCUT2D eigenvalue weighted by atomic mass is 10.1. The third-order valence-corrected chi connectivity index (χ3v) is 7.25. The molecular weight excluding hydrogens is 594 g/mol. The number of carbonyl (C=O) groups excluding carboxylic acids is 2. The predicted molar refractivity (Wildman–Crippen MR) is 140 cm³/mol. The second-order valence-electron chi connectivity index (χ2n) is 7.41. The number of halogens is 2. The fourth-order valence-electron chi connectivity index (χ4n) is 3.43. The van der Waals surface area contributed by atoms with Gasteiger partial charge in [0.15, 0.2) is 0 Å². The molecule has 1 aliphatic rings. The number of ether oxygens (including phenoxy) is 1. The van der Waals surface area contributed by atoms with Crippen molar-refractivity contribution in [1.29, 1.82) is 10.5 Å². The maximum atomic E-state index is 12.9. The first-order valence-corrected chi connectivity index (χ1v) is 12.6. The molecule has 6 nitrogen and oxygen atoms in total. The maximum absolute atomic E-state index is 12.9. The highest BCUT2D eigenvalue weighted by molar-refractivity contribution is 9.11. The van der Waals surface area contributed by atoms with Crippen molar-refractivity contribution in [2.24, 2.45) is 0 Å². The zero-order valence-electron chi connectivity index (χ0n) is 18.0. The molecule has 0 aromatic heterocycles. The van der Waals surface area contributed by atoms with Gasteiger partial charge in [0.2, 0.25) is 0 Å². The van der Waals surface area contributed by atoms with E-state index in [0.717, 1.165) is 22.2 Å². The van der Waals surface area contributed by atoms with Gasteiger partial charge in [0.05, 0.1) is 43.7 Å². The van der Waals surface area contributed by atoms with E-state index in [1.54, 1.807) is 54.6 Å². The van der Waals surface area contributed by atoms with Crippen LogP contribution in [0.1, 0.15) is 27.8 Å². The van der Waals surface area contributed by atoms with Crippen molar-refractivity contribution < 1.29 is 14.3 Å². The van der Waals surface area contributed by atoms with E-state index in [2.05, 4.69) is 44.0 Å². The van der Waals surface area contributed by atoms with Crippen molar-refractivity contribution >= 4 is 60.8 Å². The largest absolute Gasteiger partial charge is 0.486 e. The lowest BCUT2D eigenvalue weighted by Gasteiger charge is -2.13. The van der Waals surface area contributed by atoms with E-state index in [1.165, 1.54) is 0 Å². The first kappa shape index (κ1) is 24.7. The van der Waals surface area contributed by atoms with Crippen LogP contribution in [0.25, 0.3) is 6.08 Å². The molecule has 4 rings (SSSR count). The van der Waals surface area contributed by atoms with Crippen LogP contribution in [0.2, 0.25) is 0 Å². The van der Waals surface area contributed by atoms with Crippen LogP contribution in [0.3, 0.4) is 0 Å². The standard InChI is InChI=1S/C26H15Br2N3O3S/c27-21-9-16(10-22(28)24(21)34-15-20-8-4-2-6-18(20)13-30)11-23-25(32)31(26(33)35-23)14-19-7-3-1-5-17(19)12-29/h1-11H,14-15H2/b23-11+. The summed E-state index contributed by atoms with van der Waals surface area (Å²) in [7, 11) is 0. The second-order valence-corrected chi connectivity index (χ2v) is 10.1. The van der Waals surface area contributed by atoms with Crippen LogP contribution < -0.4 is 4.74 Å². The number of benzene rings is 3. The van der Waals surface area contributed by atoms with Gasteiger partial charge < -0.3 is 4.74 Å². The normalized spacial score (nSPS) is 14.2. The van der Waals surface area contributed by atoms with Crippen molar-refractivity contribution in [3.8, 4) is 17.9 Å². The molecule has 1 fully saturated rings. The molecule has 0 atom stereocenters. The molecule has 0 saturated carbocycles. The number of imide groups is 1. The Bertz CT molecular complexity index is 1430. The number of rotatable bonds is 6. The van der Waals surface area contributed by atoms with Gasteiger partial charge in [-0.15, -0.1) is 0 Å². The molecule has 0 aliphatic carbocycles. The Hall–Kier alpha value is -3.37. The van der Waals surface area contributed by atoms with E-state index in [9.17, 15) is 20.1 Å². The number of nitrogens with zero attached hydrogens (tertiary/aromatic N) is 3. The smallest absolute Gasteiger partial charge is 0.293 e. The van der Waals surface area contributed by atoms with E-state index >= 15 is 0 Å². The first-order chi connectivity index (χ1) is 16.9. The van der Waals surface area contributed by atoms with Gasteiger partial charge in [-0.1, -0.05) is 36.4 Å². The van der Waals surface area contributed by atoms with E-state index < -0.39 is 5.91 Å². The summed E-state index contributed by atoms with van der Waals surface area (Å²) in [5, 5.41) is 18.2. The molecule has 9 heteroatoms. The third kappa shape index (κ3) is 5.49. The molecule has 1 aliphatic heterocycles. The minimum atomic E-state index is -0.409. The van der Waals surface area contributed by atoms with Gasteiger partial charge in [-0.05, 0) is 85.1 Å². The van der Waals surface area contributed by atoms with E-state index in [4.69, 9.17) is 4.74 Å². The number of carbonyl (C=O) groups is 2. The summed E-state index contributed by atoms with van der Waals surface area (Å²) in [5.74, 6) is 0.143. The quantitative estimate of drug-likeness (QED) is 0.287. The van der Waals surface area contributed by atoms with Crippen LogP contribution in [0.15, 0.2) is 74.5 Å². The zero-order valence-corrected chi connectivity index (χ0v) is 22.0. The van der Waals surface area contributed by atoms with E-state index in [1.807, 2.05) is 12.1 Å². The SMILES string of the molecule is N#Cc1ccccc1COc1c(Br)cc(/C=C2/SC(=O)N(Cc3ccccc3C#N)C2=O)cc1Br. The van der Waals surface area contributed by atoms with Crippen molar-refractivity contribution in [3.63, 3.8) is 0 Å². The Morgan fingerprint density at radius 1 is 0.914 bits per heavy atom. The lowest BCUT2D eigenvalue weighted by molar-refractivity contribution is -0.123. The van der Waals surface area contributed by atoms with Crippen LogP contribution in [0, 0.1) is 22.7 Å². The number of nitriles is 2. The molecule has 0 N–H and O–H groups in total. The van der Waals surface area contributed by atoms with Gasteiger partial charge in [-0.3, -0.25) is 14.5 Å². The van der Waals surface area contributed by atoms with Crippen molar-refractivity contribution in [3.05, 3.63) is 102 Å². The number of thioether (sulfide) groups is 1. The second kappa shape index (κ2) is 10.9. The van der Waals surface area contributed by atoms with Crippen LogP contribution in [-0.2, 0) is 17.9 Å². The summed E-state index contributed by atoms with van der Waals surface area (Å²) >= 11 is 7.87. The summed E-state index contributed by atoms with van der Waals surface area (Å²) in [4.78, 5) is 26.9. The monoisotopic (exact) mass is 607 g/mol. The van der Waals surface area contributed by atoms with Crippen LogP contribution in [0.5, 0.6) is 5.75 Å². The van der Waals surface area contributed by atoms with Gasteiger partial charge in [0.25, 0.3) is 11.1 Å². The maximum Gasteiger partial charge on any atom is 0.293 e. The Kier molecular flexibility index (Phi) is 7.72. The van der Waals surface area contributed by atoms with Gasteiger partial charge in [0, 0.05) is 5.56 Å². The predicted octanol–water partition coefficient (Wildman–Crippen LogP) is 6.77. The molecule has 35 heavy (non-hydrogen) atoms. The van der Waals surface area contributed by atoms with Crippen molar-refractivity contribution in [2.45, 2.75) is 13.2 Å². The Morgan fingerprint density at radius 3 is 2.11 bits per heavy atom. The van der Waals surface area contributed by atoms with Crippen molar-refractivity contribution in [2.75, 3.05) is 0 Å². The summed E-state index contributed by atoms with van der Waals surface area (Å²) in [6.45, 7) is 0.249. The first-order valence-electron chi connectivity index (χ1n) is 10.2. The highest BCUT2D eigenvalue weighted by atomic mass is 79.9. The van der Waals surface area contributed by atoms with Gasteiger partial charge in [0.1, 0.15) is 12.4 Å². The fourth-order valence-corrected chi connectivity index (χ4v) is 5.72. The molecule has 0 spiro atoms. The Balaban J connectivity index is 1.53. The summed E-state index contributed by atoms with van der Waals surface area (Å²) in [6.07, 6.45) is 1.64. The van der Waals surface area contributed by atoms with Gasteiger partial charge in [-0.2, -0.15) is 10.5 Å². The van der Waals surface area contributed by atoms with E-state index in [0.29, 0.717) is 41.9 Å². The number of amides is 2. The summed E-state index contributed by atoms with van der Waals surface area (Å²) in [6, 6.07) is 21.9. The number of hydrogen-bond acceptors (Lipinski definition) is 6. The Morgan fingerprint density at radius 2 is 1.49 bits per heavy atom. The Labute approximate surface area is 223 Å². The van der Waals surface area contributed by atoms with Crippen LogP contribution in [0.4, 0.5) is 4.79 Å². The minimum Gasteiger partial charge on any atom is -0.486 e. The summed E-state index contributed by atoms with van der Waals surface area (Å²) < 4.78 is 7.23. The van der Waals surface area contributed by atoms with E-state index in [-0.39, 0.29) is 18.4 Å². The molecule has 3 aromatic rings. The molecule has 0 radical (unpaired) electrons. The highest BCUT2D eigenvalue weighted by Crippen LogP contribution is 2.38. The molecule has 0 bridgehead atoms. The van der Waals surface area contributed by atoms with Gasteiger partial charge in [-0.25, -0.2) is 0 Å². The zero-order chi connectivity index (χ0) is 24.9. The molecule has 1 heterocycles.